The van der Waals surface area contributed by atoms with Crippen molar-refractivity contribution >= 4 is 11.7 Å². The molecule has 4 heteroatoms. The molecule has 0 bridgehead atoms. The van der Waals surface area contributed by atoms with Crippen molar-refractivity contribution in [1.82, 2.24) is 0 Å². The molecule has 0 aliphatic rings. The van der Waals surface area contributed by atoms with Crippen molar-refractivity contribution < 1.29 is 14.3 Å². The number of carbonyl (C=O) groups excluding carboxylic acids is 1. The second-order valence-electron chi connectivity index (χ2n) is 4.68. The number of benzene rings is 2. The van der Waals surface area contributed by atoms with E-state index in [1.807, 2.05) is 43.3 Å². The molecule has 0 aliphatic carbocycles. The molecule has 21 heavy (non-hydrogen) atoms. The summed E-state index contributed by atoms with van der Waals surface area (Å²) in [5.41, 5.74) is 2.44. The third kappa shape index (κ3) is 3.54. The van der Waals surface area contributed by atoms with Gasteiger partial charge in [0.1, 0.15) is 5.75 Å². The van der Waals surface area contributed by atoms with E-state index >= 15 is 0 Å². The molecular weight excluding hydrogens is 266 g/mol. The van der Waals surface area contributed by atoms with Crippen LogP contribution in [-0.4, -0.2) is 20.2 Å². The lowest BCUT2D eigenvalue weighted by Gasteiger charge is -2.18. The summed E-state index contributed by atoms with van der Waals surface area (Å²) in [6.07, 6.45) is 0. The summed E-state index contributed by atoms with van der Waals surface area (Å²) in [7, 11) is 3.03. The molecule has 110 valence electrons. The highest BCUT2D eigenvalue weighted by Crippen LogP contribution is 2.27. The first-order chi connectivity index (χ1) is 10.2. The maximum Gasteiger partial charge on any atom is 0.337 e. The van der Waals surface area contributed by atoms with Crippen LogP contribution in [0.5, 0.6) is 5.75 Å². The SMILES string of the molecule is COC(=O)c1cccc(NC(C)c2ccccc2OC)c1. The van der Waals surface area contributed by atoms with Crippen LogP contribution in [0.4, 0.5) is 5.69 Å². The van der Waals surface area contributed by atoms with Gasteiger partial charge >= 0.3 is 5.97 Å². The zero-order chi connectivity index (χ0) is 15.2. The van der Waals surface area contributed by atoms with E-state index in [2.05, 4.69) is 5.32 Å². The maximum absolute atomic E-state index is 11.6. The number of carbonyl (C=O) groups is 1. The molecule has 0 aliphatic heterocycles. The van der Waals surface area contributed by atoms with Crippen LogP contribution in [0.1, 0.15) is 28.9 Å². The van der Waals surface area contributed by atoms with Crippen molar-refractivity contribution in [2.45, 2.75) is 13.0 Å². The molecule has 4 nitrogen and oxygen atoms in total. The lowest BCUT2D eigenvalue weighted by molar-refractivity contribution is 0.0601. The number of esters is 1. The van der Waals surface area contributed by atoms with E-state index in [0.29, 0.717) is 5.56 Å². The second kappa shape index (κ2) is 6.79. The summed E-state index contributed by atoms with van der Waals surface area (Å²) >= 11 is 0. The largest absolute Gasteiger partial charge is 0.496 e. The van der Waals surface area contributed by atoms with Gasteiger partial charge in [-0.3, -0.25) is 0 Å². The summed E-state index contributed by atoms with van der Waals surface area (Å²) in [6.45, 7) is 2.04. The Labute approximate surface area is 124 Å². The Bertz CT molecular complexity index is 625. The second-order valence-corrected chi connectivity index (χ2v) is 4.68. The van der Waals surface area contributed by atoms with Gasteiger partial charge in [0.2, 0.25) is 0 Å². The summed E-state index contributed by atoms with van der Waals surface area (Å²) in [4.78, 5) is 11.6. The van der Waals surface area contributed by atoms with E-state index in [1.165, 1.54) is 7.11 Å². The first-order valence-electron chi connectivity index (χ1n) is 6.73. The molecule has 1 unspecified atom stereocenters. The molecule has 0 spiro atoms. The van der Waals surface area contributed by atoms with Gasteiger partial charge in [-0.1, -0.05) is 24.3 Å². The molecule has 0 radical (unpaired) electrons. The van der Waals surface area contributed by atoms with Gasteiger partial charge in [-0.05, 0) is 31.2 Å². The van der Waals surface area contributed by atoms with Crippen LogP contribution in [-0.2, 0) is 4.74 Å². The van der Waals surface area contributed by atoms with Crippen LogP contribution < -0.4 is 10.1 Å². The summed E-state index contributed by atoms with van der Waals surface area (Å²) in [5.74, 6) is 0.491. The van der Waals surface area contributed by atoms with E-state index < -0.39 is 0 Å². The fraction of sp³-hybridized carbons (Fsp3) is 0.235. The van der Waals surface area contributed by atoms with E-state index in [-0.39, 0.29) is 12.0 Å². The third-order valence-corrected chi connectivity index (χ3v) is 3.27. The molecule has 0 saturated heterocycles. The number of hydrogen-bond acceptors (Lipinski definition) is 4. The summed E-state index contributed by atoms with van der Waals surface area (Å²) in [6, 6.07) is 15.1. The van der Waals surface area contributed by atoms with Crippen LogP contribution in [0, 0.1) is 0 Å². The Morgan fingerprint density at radius 1 is 1.10 bits per heavy atom. The monoisotopic (exact) mass is 285 g/mol. The number of hydrogen-bond donors (Lipinski definition) is 1. The van der Waals surface area contributed by atoms with Gasteiger partial charge in [0, 0.05) is 11.3 Å². The van der Waals surface area contributed by atoms with Crippen LogP contribution in [0.15, 0.2) is 48.5 Å². The van der Waals surface area contributed by atoms with E-state index in [4.69, 9.17) is 9.47 Å². The number of para-hydroxylation sites is 1. The average molecular weight is 285 g/mol. The number of nitrogens with one attached hydrogen (secondary N) is 1. The predicted octanol–water partition coefficient (Wildman–Crippen LogP) is 3.65. The molecule has 1 N–H and O–H groups in total. The maximum atomic E-state index is 11.6. The highest BCUT2D eigenvalue weighted by atomic mass is 16.5. The van der Waals surface area contributed by atoms with Crippen molar-refractivity contribution in [2.24, 2.45) is 0 Å². The highest BCUT2D eigenvalue weighted by molar-refractivity contribution is 5.90. The van der Waals surface area contributed by atoms with Crippen molar-refractivity contribution in [3.05, 3.63) is 59.7 Å². The summed E-state index contributed by atoms with van der Waals surface area (Å²) < 4.78 is 10.1. The number of ether oxygens (including phenoxy) is 2. The highest BCUT2D eigenvalue weighted by Gasteiger charge is 2.12. The van der Waals surface area contributed by atoms with Gasteiger partial charge in [-0.15, -0.1) is 0 Å². The molecule has 1 atom stereocenters. The standard InChI is InChI=1S/C17H19NO3/c1-12(15-9-4-5-10-16(15)20-2)18-14-8-6-7-13(11-14)17(19)21-3/h4-12,18H,1-3H3. The predicted molar refractivity (Wildman–Crippen MR) is 82.8 cm³/mol. The zero-order valence-electron chi connectivity index (χ0n) is 12.4. The van der Waals surface area contributed by atoms with Crippen molar-refractivity contribution in [3.8, 4) is 5.75 Å². The van der Waals surface area contributed by atoms with Crippen LogP contribution in [0.2, 0.25) is 0 Å². The molecule has 0 amide bonds. The van der Waals surface area contributed by atoms with Gasteiger partial charge in [0.25, 0.3) is 0 Å². The molecule has 2 aromatic carbocycles. The lowest BCUT2D eigenvalue weighted by Crippen LogP contribution is -2.09. The number of methoxy groups -OCH3 is 2. The quantitative estimate of drug-likeness (QED) is 0.852. The fourth-order valence-corrected chi connectivity index (χ4v) is 2.21. The van der Waals surface area contributed by atoms with Gasteiger partial charge < -0.3 is 14.8 Å². The number of rotatable bonds is 5. The minimum Gasteiger partial charge on any atom is -0.496 e. The molecule has 0 aromatic heterocycles. The summed E-state index contributed by atoms with van der Waals surface area (Å²) in [5, 5.41) is 3.36. The average Bonchev–Trinajstić information content (AvgIpc) is 2.54. The van der Waals surface area contributed by atoms with Gasteiger partial charge in [0.05, 0.1) is 25.8 Å². The molecule has 2 rings (SSSR count). The number of anilines is 1. The Kier molecular flexibility index (Phi) is 4.82. The first kappa shape index (κ1) is 14.9. The molecular formula is C17H19NO3. The molecule has 2 aromatic rings. The van der Waals surface area contributed by atoms with Crippen LogP contribution >= 0.6 is 0 Å². The third-order valence-electron chi connectivity index (χ3n) is 3.27. The Morgan fingerprint density at radius 2 is 1.86 bits per heavy atom. The molecule has 0 saturated carbocycles. The van der Waals surface area contributed by atoms with Gasteiger partial charge in [-0.25, -0.2) is 4.79 Å². The Morgan fingerprint density at radius 3 is 2.57 bits per heavy atom. The minimum atomic E-state index is -0.344. The van der Waals surface area contributed by atoms with Crippen molar-refractivity contribution in [1.29, 1.82) is 0 Å². The fourth-order valence-electron chi connectivity index (χ4n) is 2.21. The van der Waals surface area contributed by atoms with Crippen molar-refractivity contribution in [3.63, 3.8) is 0 Å². The lowest BCUT2D eigenvalue weighted by atomic mass is 10.1. The van der Waals surface area contributed by atoms with Crippen LogP contribution in [0.25, 0.3) is 0 Å². The zero-order valence-corrected chi connectivity index (χ0v) is 12.4. The normalized spacial score (nSPS) is 11.6. The molecule has 0 heterocycles. The van der Waals surface area contributed by atoms with Crippen LogP contribution in [0.3, 0.4) is 0 Å². The minimum absolute atomic E-state index is 0.0500. The van der Waals surface area contributed by atoms with Gasteiger partial charge in [-0.2, -0.15) is 0 Å². The van der Waals surface area contributed by atoms with Gasteiger partial charge in [0.15, 0.2) is 0 Å². The first-order valence-corrected chi connectivity index (χ1v) is 6.73. The van der Waals surface area contributed by atoms with E-state index in [0.717, 1.165) is 17.0 Å². The smallest absolute Gasteiger partial charge is 0.337 e. The van der Waals surface area contributed by atoms with Crippen molar-refractivity contribution in [2.75, 3.05) is 19.5 Å². The Balaban J connectivity index is 2.19. The topological polar surface area (TPSA) is 47.6 Å². The van der Waals surface area contributed by atoms with E-state index in [9.17, 15) is 4.79 Å². The molecule has 0 fully saturated rings. The Hall–Kier alpha value is -2.49. The van der Waals surface area contributed by atoms with E-state index in [1.54, 1.807) is 19.2 Å².